The minimum atomic E-state index is -1.08. The molecule has 0 radical (unpaired) electrons. The molecular weight excluding hydrogens is 223 g/mol. The summed E-state index contributed by atoms with van der Waals surface area (Å²) in [5.74, 6) is -0.589. The predicted molar refractivity (Wildman–Crippen MR) is 61.4 cm³/mol. The van der Waals surface area contributed by atoms with E-state index < -0.39 is 18.6 Å². The number of halogens is 1. The lowest BCUT2D eigenvalue weighted by atomic mass is 10.0. The Balaban J connectivity index is 2.33. The SMILES string of the molecule is CC1=NN(C(=O)CF)C(c2ccccc2O)C1. The quantitative estimate of drug-likeness (QED) is 0.854. The van der Waals surface area contributed by atoms with E-state index in [-0.39, 0.29) is 5.75 Å². The summed E-state index contributed by atoms with van der Waals surface area (Å²) in [4.78, 5) is 11.4. The highest BCUT2D eigenvalue weighted by Crippen LogP contribution is 2.35. The van der Waals surface area contributed by atoms with Crippen molar-refractivity contribution < 1.29 is 14.3 Å². The molecule has 0 bridgehead atoms. The predicted octanol–water partition coefficient (Wildman–Crippen LogP) is 2.01. The zero-order valence-corrected chi connectivity index (χ0v) is 9.43. The van der Waals surface area contributed by atoms with Gasteiger partial charge < -0.3 is 5.11 Å². The Morgan fingerprint density at radius 1 is 1.59 bits per heavy atom. The second kappa shape index (κ2) is 4.53. The van der Waals surface area contributed by atoms with Gasteiger partial charge in [-0.3, -0.25) is 4.79 Å². The zero-order valence-electron chi connectivity index (χ0n) is 9.43. The molecule has 90 valence electrons. The lowest BCUT2D eigenvalue weighted by Gasteiger charge is -2.21. The van der Waals surface area contributed by atoms with E-state index in [0.717, 1.165) is 10.7 Å². The minimum absolute atomic E-state index is 0.0964. The normalized spacial score (nSPS) is 19.3. The summed E-state index contributed by atoms with van der Waals surface area (Å²) in [7, 11) is 0. The molecule has 0 aromatic heterocycles. The van der Waals surface area contributed by atoms with Crippen LogP contribution < -0.4 is 0 Å². The number of aromatic hydroxyl groups is 1. The largest absolute Gasteiger partial charge is 0.508 e. The van der Waals surface area contributed by atoms with Crippen molar-refractivity contribution in [2.24, 2.45) is 5.10 Å². The first-order chi connectivity index (χ1) is 8.13. The molecule has 1 N–H and O–H groups in total. The molecule has 1 aromatic rings. The van der Waals surface area contributed by atoms with Gasteiger partial charge in [-0.25, -0.2) is 9.40 Å². The van der Waals surface area contributed by atoms with E-state index in [9.17, 15) is 14.3 Å². The zero-order chi connectivity index (χ0) is 12.4. The smallest absolute Gasteiger partial charge is 0.274 e. The number of benzene rings is 1. The van der Waals surface area contributed by atoms with Crippen molar-refractivity contribution in [3.8, 4) is 5.75 Å². The van der Waals surface area contributed by atoms with E-state index in [1.165, 1.54) is 0 Å². The number of hydrazone groups is 1. The van der Waals surface area contributed by atoms with E-state index in [2.05, 4.69) is 5.10 Å². The van der Waals surface area contributed by atoms with Crippen LogP contribution in [0.25, 0.3) is 0 Å². The van der Waals surface area contributed by atoms with Gasteiger partial charge in [0.25, 0.3) is 5.91 Å². The van der Waals surface area contributed by atoms with Crippen molar-refractivity contribution in [3.63, 3.8) is 0 Å². The molecule has 0 saturated carbocycles. The first kappa shape index (κ1) is 11.6. The molecule has 4 nitrogen and oxygen atoms in total. The van der Waals surface area contributed by atoms with Crippen molar-refractivity contribution in [1.29, 1.82) is 0 Å². The van der Waals surface area contributed by atoms with Crippen molar-refractivity contribution >= 4 is 11.6 Å². The van der Waals surface area contributed by atoms with Crippen LogP contribution in [0.1, 0.15) is 24.9 Å². The maximum absolute atomic E-state index is 12.4. The maximum Gasteiger partial charge on any atom is 0.274 e. The summed E-state index contributed by atoms with van der Waals surface area (Å²) in [5.41, 5.74) is 1.34. The monoisotopic (exact) mass is 236 g/mol. The fraction of sp³-hybridized carbons (Fsp3) is 0.333. The lowest BCUT2D eigenvalue weighted by Crippen LogP contribution is -2.28. The van der Waals surface area contributed by atoms with Crippen LogP contribution in [0.15, 0.2) is 29.4 Å². The van der Waals surface area contributed by atoms with Gasteiger partial charge in [0.1, 0.15) is 5.75 Å². The second-order valence-electron chi connectivity index (χ2n) is 3.99. The molecule has 17 heavy (non-hydrogen) atoms. The molecule has 1 aliphatic heterocycles. The van der Waals surface area contributed by atoms with Gasteiger partial charge in [-0.2, -0.15) is 5.10 Å². The maximum atomic E-state index is 12.4. The molecule has 1 amide bonds. The van der Waals surface area contributed by atoms with Gasteiger partial charge in [-0.15, -0.1) is 0 Å². The minimum Gasteiger partial charge on any atom is -0.508 e. The number of para-hydroxylation sites is 1. The number of nitrogens with zero attached hydrogens (tertiary/aromatic N) is 2. The highest BCUT2D eigenvalue weighted by atomic mass is 19.1. The van der Waals surface area contributed by atoms with Crippen molar-refractivity contribution in [3.05, 3.63) is 29.8 Å². The van der Waals surface area contributed by atoms with Crippen LogP contribution in [0, 0.1) is 0 Å². The Morgan fingerprint density at radius 2 is 2.29 bits per heavy atom. The van der Waals surface area contributed by atoms with E-state index in [4.69, 9.17) is 0 Å². The average Bonchev–Trinajstić information content (AvgIpc) is 2.71. The van der Waals surface area contributed by atoms with Gasteiger partial charge in [-0.05, 0) is 13.0 Å². The summed E-state index contributed by atoms with van der Waals surface area (Å²) in [6.07, 6.45) is 0.517. The first-order valence-electron chi connectivity index (χ1n) is 5.33. The van der Waals surface area contributed by atoms with Crippen molar-refractivity contribution in [1.82, 2.24) is 5.01 Å². The molecule has 0 spiro atoms. The number of phenolic OH excluding ortho intramolecular Hbond substituents is 1. The number of hydrogen-bond donors (Lipinski definition) is 1. The third kappa shape index (κ3) is 2.13. The third-order valence-corrected chi connectivity index (χ3v) is 2.73. The number of hydrogen-bond acceptors (Lipinski definition) is 3. The molecular formula is C12H13FN2O2. The molecule has 1 aliphatic rings. The van der Waals surface area contributed by atoms with Gasteiger partial charge in [-0.1, -0.05) is 18.2 Å². The summed E-state index contributed by atoms with van der Waals surface area (Å²) in [6, 6.07) is 6.32. The summed E-state index contributed by atoms with van der Waals surface area (Å²) >= 11 is 0. The van der Waals surface area contributed by atoms with E-state index >= 15 is 0 Å². The number of rotatable bonds is 2. The molecule has 1 aromatic carbocycles. The van der Waals surface area contributed by atoms with Gasteiger partial charge in [0.2, 0.25) is 0 Å². The molecule has 1 atom stereocenters. The van der Waals surface area contributed by atoms with Crippen LogP contribution >= 0.6 is 0 Å². The number of phenols is 1. The number of carbonyl (C=O) groups is 1. The number of alkyl halides is 1. The second-order valence-corrected chi connectivity index (χ2v) is 3.99. The molecule has 5 heteroatoms. The van der Waals surface area contributed by atoms with Gasteiger partial charge in [0, 0.05) is 17.7 Å². The number of amides is 1. The van der Waals surface area contributed by atoms with Crippen LogP contribution in [-0.2, 0) is 4.79 Å². The lowest BCUT2D eigenvalue weighted by molar-refractivity contribution is -0.133. The molecule has 2 rings (SSSR count). The molecule has 0 aliphatic carbocycles. The molecule has 1 unspecified atom stereocenters. The van der Waals surface area contributed by atoms with E-state index in [1.54, 1.807) is 31.2 Å². The fourth-order valence-electron chi connectivity index (χ4n) is 1.96. The Kier molecular flexibility index (Phi) is 3.08. The van der Waals surface area contributed by atoms with Crippen LogP contribution in [0.2, 0.25) is 0 Å². The average molecular weight is 236 g/mol. The first-order valence-corrected chi connectivity index (χ1v) is 5.33. The topological polar surface area (TPSA) is 52.9 Å². The van der Waals surface area contributed by atoms with Crippen LogP contribution in [-0.4, -0.2) is 28.4 Å². The standard InChI is InChI=1S/C12H13FN2O2/c1-8-6-10(15(14-8)12(17)7-13)9-4-2-3-5-11(9)16/h2-5,10,16H,6-7H2,1H3. The van der Waals surface area contributed by atoms with Gasteiger partial charge in [0.15, 0.2) is 6.67 Å². The van der Waals surface area contributed by atoms with E-state index in [0.29, 0.717) is 12.0 Å². The summed E-state index contributed by atoms with van der Waals surface area (Å²) in [5, 5.41) is 14.9. The molecule has 0 saturated heterocycles. The van der Waals surface area contributed by atoms with Crippen LogP contribution in [0.5, 0.6) is 5.75 Å². The Hall–Kier alpha value is -1.91. The third-order valence-electron chi connectivity index (χ3n) is 2.73. The Bertz CT molecular complexity index is 473. The Morgan fingerprint density at radius 3 is 2.94 bits per heavy atom. The molecule has 1 heterocycles. The highest BCUT2D eigenvalue weighted by Gasteiger charge is 2.32. The summed E-state index contributed by atoms with van der Waals surface area (Å²) in [6.45, 7) is 0.694. The van der Waals surface area contributed by atoms with Crippen molar-refractivity contribution in [2.45, 2.75) is 19.4 Å². The van der Waals surface area contributed by atoms with Gasteiger partial charge in [0.05, 0.1) is 6.04 Å². The van der Waals surface area contributed by atoms with Gasteiger partial charge >= 0.3 is 0 Å². The van der Waals surface area contributed by atoms with Crippen molar-refractivity contribution in [2.75, 3.05) is 6.67 Å². The molecule has 0 fully saturated rings. The summed E-state index contributed by atoms with van der Waals surface area (Å²) < 4.78 is 12.4. The Labute approximate surface area is 98.4 Å². The number of carbonyl (C=O) groups excluding carboxylic acids is 1. The van der Waals surface area contributed by atoms with Crippen LogP contribution in [0.4, 0.5) is 4.39 Å². The fourth-order valence-corrected chi connectivity index (χ4v) is 1.96. The highest BCUT2D eigenvalue weighted by molar-refractivity contribution is 5.89. The van der Waals surface area contributed by atoms with E-state index in [1.807, 2.05) is 0 Å². The van der Waals surface area contributed by atoms with Crippen LogP contribution in [0.3, 0.4) is 0 Å².